The predicted octanol–water partition coefficient (Wildman–Crippen LogP) is -0.837. The van der Waals surface area contributed by atoms with Crippen LogP contribution in [-0.2, 0) is 5.75 Å². The van der Waals surface area contributed by atoms with Crippen LogP contribution in [0.4, 0.5) is 11.9 Å². The number of hydrogen-bond acceptors (Lipinski definition) is 7. The Hall–Kier alpha value is -1.57. The molecule has 7 N–H and O–H groups in total. The predicted molar refractivity (Wildman–Crippen MR) is 51.9 cm³/mol. The van der Waals surface area contributed by atoms with Crippen molar-refractivity contribution < 1.29 is 0 Å². The van der Waals surface area contributed by atoms with Gasteiger partial charge in [-0.3, -0.25) is 5.41 Å². The second-order valence-corrected chi connectivity index (χ2v) is 3.14. The van der Waals surface area contributed by atoms with Gasteiger partial charge in [-0.05, 0) is 0 Å². The van der Waals surface area contributed by atoms with E-state index in [9.17, 15) is 0 Å². The van der Waals surface area contributed by atoms with Crippen molar-refractivity contribution in [2.75, 3.05) is 11.5 Å². The maximum absolute atomic E-state index is 6.96. The van der Waals surface area contributed by atoms with E-state index in [0.717, 1.165) is 11.8 Å². The van der Waals surface area contributed by atoms with Crippen LogP contribution in [0.25, 0.3) is 0 Å². The minimum atomic E-state index is -0.00226. The average molecular weight is 199 g/mol. The van der Waals surface area contributed by atoms with E-state index in [4.69, 9.17) is 22.6 Å². The van der Waals surface area contributed by atoms with Crippen LogP contribution in [0.5, 0.6) is 0 Å². The van der Waals surface area contributed by atoms with Crippen molar-refractivity contribution in [1.82, 2.24) is 15.0 Å². The number of hydrogen-bond donors (Lipinski definition) is 4. The lowest BCUT2D eigenvalue weighted by atomic mass is 10.7. The van der Waals surface area contributed by atoms with Crippen LogP contribution < -0.4 is 17.2 Å². The summed E-state index contributed by atoms with van der Waals surface area (Å²) in [5.74, 6) is 0.940. The number of rotatable bonds is 2. The fourth-order valence-corrected chi connectivity index (χ4v) is 1.08. The van der Waals surface area contributed by atoms with Gasteiger partial charge in [0, 0.05) is 0 Å². The highest BCUT2D eigenvalue weighted by atomic mass is 32.2. The Morgan fingerprint density at radius 3 is 2.23 bits per heavy atom. The van der Waals surface area contributed by atoms with Crippen LogP contribution in [0.15, 0.2) is 0 Å². The quantitative estimate of drug-likeness (QED) is 0.359. The Morgan fingerprint density at radius 2 is 1.77 bits per heavy atom. The fraction of sp³-hybridized carbons (Fsp3) is 0.200. The summed E-state index contributed by atoms with van der Waals surface area (Å²) in [4.78, 5) is 11.2. The molecule has 1 rings (SSSR count). The summed E-state index contributed by atoms with van der Waals surface area (Å²) in [6, 6.07) is 0. The number of aromatic nitrogens is 3. The number of thioether (sulfide) groups is 1. The molecule has 1 aromatic heterocycles. The first kappa shape index (κ1) is 9.52. The number of nitrogen functional groups attached to an aromatic ring is 2. The van der Waals surface area contributed by atoms with Gasteiger partial charge in [0.2, 0.25) is 11.9 Å². The van der Waals surface area contributed by atoms with Gasteiger partial charge in [0.1, 0.15) is 5.82 Å². The number of anilines is 2. The highest BCUT2D eigenvalue weighted by Gasteiger charge is 2.02. The van der Waals surface area contributed by atoms with Crippen molar-refractivity contribution >= 4 is 28.8 Å². The summed E-state index contributed by atoms with van der Waals surface area (Å²) in [5.41, 5.74) is 15.8. The first-order chi connectivity index (χ1) is 6.08. The minimum Gasteiger partial charge on any atom is -0.379 e. The molecule has 0 aliphatic heterocycles. The summed E-state index contributed by atoms with van der Waals surface area (Å²) >= 11 is 1.10. The van der Waals surface area contributed by atoms with Crippen LogP contribution >= 0.6 is 11.8 Å². The largest absolute Gasteiger partial charge is 0.379 e. The molecule has 0 atom stereocenters. The summed E-state index contributed by atoms with van der Waals surface area (Å²) < 4.78 is 0. The van der Waals surface area contributed by atoms with Crippen molar-refractivity contribution in [3.8, 4) is 0 Å². The summed E-state index contributed by atoms with van der Waals surface area (Å²) in [7, 11) is 0. The van der Waals surface area contributed by atoms with E-state index < -0.39 is 0 Å². The third kappa shape index (κ3) is 3.11. The molecule has 0 amide bonds. The van der Waals surface area contributed by atoms with Crippen molar-refractivity contribution in [2.45, 2.75) is 5.75 Å². The van der Waals surface area contributed by atoms with E-state index in [1.54, 1.807) is 0 Å². The van der Waals surface area contributed by atoms with Crippen molar-refractivity contribution in [2.24, 2.45) is 5.73 Å². The second kappa shape index (κ2) is 3.90. The number of amidine groups is 1. The summed E-state index contributed by atoms with van der Waals surface area (Å²) in [5, 5.41) is 6.96. The Kier molecular flexibility index (Phi) is 2.85. The molecular formula is C5H9N7S. The molecule has 0 aromatic carbocycles. The molecule has 0 saturated carbocycles. The number of nitrogens with zero attached hydrogens (tertiary/aromatic N) is 3. The summed E-state index contributed by atoms with van der Waals surface area (Å²) in [6.07, 6.45) is 0. The molecule has 1 aromatic rings. The first-order valence-corrected chi connectivity index (χ1v) is 4.29. The lowest BCUT2D eigenvalue weighted by molar-refractivity contribution is 0.989. The third-order valence-corrected chi connectivity index (χ3v) is 1.79. The highest BCUT2D eigenvalue weighted by Crippen LogP contribution is 2.08. The molecule has 0 saturated heterocycles. The van der Waals surface area contributed by atoms with E-state index in [0.29, 0.717) is 11.6 Å². The molecule has 70 valence electrons. The molecule has 0 unspecified atom stereocenters. The monoisotopic (exact) mass is 199 g/mol. The molecule has 0 aliphatic rings. The van der Waals surface area contributed by atoms with Crippen molar-refractivity contribution in [3.63, 3.8) is 0 Å². The van der Waals surface area contributed by atoms with Crippen LogP contribution in [0.3, 0.4) is 0 Å². The van der Waals surface area contributed by atoms with Crippen LogP contribution in [0, 0.1) is 5.41 Å². The first-order valence-electron chi connectivity index (χ1n) is 3.30. The van der Waals surface area contributed by atoms with Gasteiger partial charge in [-0.2, -0.15) is 15.0 Å². The smallest absolute Gasteiger partial charge is 0.225 e. The van der Waals surface area contributed by atoms with E-state index in [-0.39, 0.29) is 17.1 Å². The van der Waals surface area contributed by atoms with Gasteiger partial charge in [-0.25, -0.2) is 0 Å². The van der Waals surface area contributed by atoms with Crippen LogP contribution in [-0.4, -0.2) is 20.1 Å². The number of nitrogens with one attached hydrogen (secondary N) is 1. The minimum absolute atomic E-state index is 0.00226. The maximum Gasteiger partial charge on any atom is 0.225 e. The molecule has 8 heteroatoms. The van der Waals surface area contributed by atoms with Gasteiger partial charge in [-0.15, -0.1) is 0 Å². The zero-order chi connectivity index (χ0) is 9.84. The molecule has 0 bridgehead atoms. The Morgan fingerprint density at radius 1 is 1.23 bits per heavy atom. The normalized spacial score (nSPS) is 9.85. The van der Waals surface area contributed by atoms with Gasteiger partial charge in [0.15, 0.2) is 5.17 Å². The number of nitrogens with two attached hydrogens (primary N) is 3. The lowest BCUT2D eigenvalue weighted by Gasteiger charge is -2.00. The highest BCUT2D eigenvalue weighted by molar-refractivity contribution is 8.12. The standard InChI is InChI=1S/C5H9N7S/c6-3(7)13-1-2-10-4(8)12-5(9)11-2/h1H2,(H3,6,7)(H4,8,9,10,11,12). The topological polar surface area (TPSA) is 141 Å². The zero-order valence-electron chi connectivity index (χ0n) is 6.69. The van der Waals surface area contributed by atoms with Gasteiger partial charge >= 0.3 is 0 Å². The van der Waals surface area contributed by atoms with Crippen LogP contribution in [0.1, 0.15) is 5.82 Å². The molecule has 1 heterocycles. The van der Waals surface area contributed by atoms with Crippen molar-refractivity contribution in [3.05, 3.63) is 5.82 Å². The zero-order valence-corrected chi connectivity index (χ0v) is 7.51. The van der Waals surface area contributed by atoms with Crippen LogP contribution in [0.2, 0.25) is 0 Å². The van der Waals surface area contributed by atoms with Gasteiger partial charge < -0.3 is 17.2 Å². The molecule has 0 radical (unpaired) electrons. The molecule has 0 aliphatic carbocycles. The van der Waals surface area contributed by atoms with E-state index in [1.807, 2.05) is 0 Å². The molecular weight excluding hydrogens is 190 g/mol. The molecule has 0 spiro atoms. The van der Waals surface area contributed by atoms with Gasteiger partial charge in [-0.1, -0.05) is 11.8 Å². The Labute approximate surface area is 78.6 Å². The SMILES string of the molecule is N=C(N)SCc1nc(N)nc(N)n1. The third-order valence-electron chi connectivity index (χ3n) is 1.07. The summed E-state index contributed by atoms with van der Waals surface area (Å²) in [6.45, 7) is 0. The van der Waals surface area contributed by atoms with E-state index >= 15 is 0 Å². The average Bonchev–Trinajstić information content (AvgIpc) is 1.99. The van der Waals surface area contributed by atoms with Gasteiger partial charge in [0.25, 0.3) is 0 Å². The molecule has 7 nitrogen and oxygen atoms in total. The van der Waals surface area contributed by atoms with Gasteiger partial charge in [0.05, 0.1) is 5.75 Å². The Bertz CT molecular complexity index is 304. The van der Waals surface area contributed by atoms with E-state index in [2.05, 4.69) is 15.0 Å². The van der Waals surface area contributed by atoms with Crippen molar-refractivity contribution in [1.29, 1.82) is 5.41 Å². The molecule has 0 fully saturated rings. The lowest BCUT2D eigenvalue weighted by Crippen LogP contribution is -2.08. The Balaban J connectivity index is 2.71. The second-order valence-electron chi connectivity index (χ2n) is 2.12. The molecule has 13 heavy (non-hydrogen) atoms. The fourth-order valence-electron chi connectivity index (χ4n) is 0.664. The maximum atomic E-state index is 6.96. The van der Waals surface area contributed by atoms with E-state index in [1.165, 1.54) is 0 Å².